The van der Waals surface area contributed by atoms with Gasteiger partial charge in [-0.2, -0.15) is 0 Å². The number of rotatable bonds is 7. The third kappa shape index (κ3) is 4.71. The zero-order chi connectivity index (χ0) is 18.5. The maximum atomic E-state index is 10.2. The van der Waals surface area contributed by atoms with Crippen molar-refractivity contribution in [3.05, 3.63) is 45.9 Å². The smallest absolute Gasteiger partial charge is 0.119 e. The van der Waals surface area contributed by atoms with Gasteiger partial charge in [0.15, 0.2) is 0 Å². The zero-order valence-electron chi connectivity index (χ0n) is 16.0. The molecule has 27 heavy (non-hydrogen) atoms. The van der Waals surface area contributed by atoms with Crippen molar-refractivity contribution in [1.82, 2.24) is 9.88 Å². The van der Waals surface area contributed by atoms with Crippen LogP contribution in [0.15, 0.2) is 30.3 Å². The number of ether oxygens (including phenoxy) is 1. The van der Waals surface area contributed by atoms with Gasteiger partial charge in [0.05, 0.1) is 25.5 Å². The minimum absolute atomic E-state index is 0.0517. The third-order valence-electron chi connectivity index (χ3n) is 5.97. The maximum absolute atomic E-state index is 10.2. The molecule has 4 rings (SSSR count). The number of aliphatic hydroxyl groups excluding tert-OH is 1. The summed E-state index contributed by atoms with van der Waals surface area (Å²) >= 11 is 1.91. The number of hydrogen-bond acceptors (Lipinski definition) is 5. The number of fused-ring (bicyclic) bond motifs is 1. The Morgan fingerprint density at radius 1 is 1.15 bits per heavy atom. The Morgan fingerprint density at radius 2 is 2.00 bits per heavy atom. The Labute approximate surface area is 166 Å². The molecule has 2 heterocycles. The van der Waals surface area contributed by atoms with Crippen LogP contribution in [-0.2, 0) is 19.4 Å². The minimum Gasteiger partial charge on any atom is -0.494 e. The van der Waals surface area contributed by atoms with E-state index >= 15 is 0 Å². The van der Waals surface area contributed by atoms with E-state index in [4.69, 9.17) is 9.72 Å². The van der Waals surface area contributed by atoms with Gasteiger partial charge in [0.1, 0.15) is 10.8 Å². The molecule has 2 aromatic rings. The molecule has 0 unspecified atom stereocenters. The summed E-state index contributed by atoms with van der Waals surface area (Å²) in [6.45, 7) is 3.86. The average Bonchev–Trinajstić information content (AvgIpc) is 3.11. The van der Waals surface area contributed by atoms with E-state index in [1.807, 2.05) is 41.7 Å². The molecular formula is C22H30N2O2S. The van der Waals surface area contributed by atoms with E-state index in [0.29, 0.717) is 6.61 Å². The van der Waals surface area contributed by atoms with Crippen LogP contribution in [0.1, 0.15) is 47.7 Å². The van der Waals surface area contributed by atoms with Gasteiger partial charge in [0.2, 0.25) is 0 Å². The van der Waals surface area contributed by atoms with Gasteiger partial charge in [-0.05, 0) is 63.6 Å². The van der Waals surface area contributed by atoms with Gasteiger partial charge in [0.25, 0.3) is 0 Å². The zero-order valence-corrected chi connectivity index (χ0v) is 16.8. The Morgan fingerprint density at radius 3 is 2.81 bits per heavy atom. The topological polar surface area (TPSA) is 45.6 Å². The highest BCUT2D eigenvalue weighted by atomic mass is 32.1. The van der Waals surface area contributed by atoms with Gasteiger partial charge in [0, 0.05) is 16.8 Å². The lowest BCUT2D eigenvalue weighted by Crippen LogP contribution is -2.45. The van der Waals surface area contributed by atoms with E-state index in [1.165, 1.54) is 34.8 Å². The number of hydrogen-bond donors (Lipinski definition) is 1. The van der Waals surface area contributed by atoms with Crippen LogP contribution in [0.3, 0.4) is 0 Å². The second kappa shape index (κ2) is 8.72. The molecule has 0 saturated carbocycles. The molecule has 1 fully saturated rings. The number of thiazole rings is 1. The summed E-state index contributed by atoms with van der Waals surface area (Å²) < 4.78 is 5.90. The Bertz CT molecular complexity index is 710. The number of nitrogens with zero attached hydrogens (tertiary/aromatic N) is 2. The molecule has 1 saturated heterocycles. The first kappa shape index (κ1) is 18.9. The van der Waals surface area contributed by atoms with Gasteiger partial charge < -0.3 is 9.84 Å². The van der Waals surface area contributed by atoms with Gasteiger partial charge in [-0.25, -0.2) is 4.98 Å². The summed E-state index contributed by atoms with van der Waals surface area (Å²) in [5.74, 6) is 0.909. The van der Waals surface area contributed by atoms with E-state index in [9.17, 15) is 5.11 Å². The lowest BCUT2D eigenvalue weighted by atomic mass is 9.78. The van der Waals surface area contributed by atoms with Crippen LogP contribution < -0.4 is 4.74 Å². The lowest BCUT2D eigenvalue weighted by molar-refractivity contribution is 0.0128. The number of para-hydroxylation sites is 1. The van der Waals surface area contributed by atoms with Crippen molar-refractivity contribution >= 4 is 11.3 Å². The number of likely N-dealkylation sites (tertiary alicyclic amines) is 1. The van der Waals surface area contributed by atoms with Crippen molar-refractivity contribution in [2.75, 3.05) is 26.3 Å². The second-order valence-corrected chi connectivity index (χ2v) is 9.24. The molecule has 1 aromatic heterocycles. The highest BCUT2D eigenvalue weighted by molar-refractivity contribution is 7.11. The molecular weight excluding hydrogens is 356 g/mol. The maximum Gasteiger partial charge on any atom is 0.119 e. The fourth-order valence-corrected chi connectivity index (χ4v) is 5.62. The van der Waals surface area contributed by atoms with Gasteiger partial charge >= 0.3 is 0 Å². The van der Waals surface area contributed by atoms with Crippen LogP contribution in [0.4, 0.5) is 0 Å². The van der Waals surface area contributed by atoms with Crippen LogP contribution in [0.5, 0.6) is 5.75 Å². The van der Waals surface area contributed by atoms with Crippen molar-refractivity contribution < 1.29 is 9.84 Å². The summed E-state index contributed by atoms with van der Waals surface area (Å²) in [6.07, 6.45) is 8.07. The molecule has 4 nitrogen and oxygen atoms in total. The third-order valence-corrected chi connectivity index (χ3v) is 7.11. The highest BCUT2D eigenvalue weighted by Crippen LogP contribution is 2.35. The Hall–Kier alpha value is -1.43. The lowest BCUT2D eigenvalue weighted by Gasteiger charge is -2.41. The summed E-state index contributed by atoms with van der Waals surface area (Å²) in [6, 6.07) is 9.96. The molecule has 2 aliphatic rings. The molecule has 1 aliphatic heterocycles. The summed E-state index contributed by atoms with van der Waals surface area (Å²) in [4.78, 5) is 8.91. The van der Waals surface area contributed by atoms with Crippen molar-refractivity contribution in [3.63, 3.8) is 0 Å². The fourth-order valence-electron chi connectivity index (χ4n) is 4.42. The van der Waals surface area contributed by atoms with Crippen LogP contribution in [0.25, 0.3) is 0 Å². The predicted octanol–water partition coefficient (Wildman–Crippen LogP) is 4.07. The fraction of sp³-hybridized carbons (Fsp3) is 0.591. The molecule has 1 atom stereocenters. The normalized spacial score (nSPS) is 23.1. The molecule has 1 aliphatic carbocycles. The van der Waals surface area contributed by atoms with Crippen LogP contribution >= 0.6 is 11.3 Å². The number of benzene rings is 1. The van der Waals surface area contributed by atoms with Gasteiger partial charge in [-0.3, -0.25) is 4.90 Å². The van der Waals surface area contributed by atoms with Crippen molar-refractivity contribution in [1.29, 1.82) is 0 Å². The van der Waals surface area contributed by atoms with Crippen molar-refractivity contribution in [3.8, 4) is 5.75 Å². The molecule has 1 N–H and O–H groups in total. The van der Waals surface area contributed by atoms with Gasteiger partial charge in [-0.1, -0.05) is 18.2 Å². The number of aromatic nitrogens is 1. The van der Waals surface area contributed by atoms with Crippen molar-refractivity contribution in [2.45, 2.75) is 51.5 Å². The molecule has 0 amide bonds. The number of piperidine rings is 1. The predicted molar refractivity (Wildman–Crippen MR) is 109 cm³/mol. The molecule has 146 valence electrons. The number of aliphatic hydroxyl groups is 1. The Kier molecular flexibility index (Phi) is 6.11. The van der Waals surface area contributed by atoms with Gasteiger partial charge in [-0.15, -0.1) is 11.3 Å². The summed E-state index contributed by atoms with van der Waals surface area (Å²) in [5.41, 5.74) is 1.30. The highest BCUT2D eigenvalue weighted by Gasteiger charge is 2.35. The number of aryl methyl sites for hydroxylation is 2. The standard InChI is InChI=1S/C22H30N2O2S/c25-17-22(12-14-26-18-7-2-1-3-8-18)11-6-13-24(16-22)15-21-23-19-9-4-5-10-20(19)27-21/h1-3,7-8,25H,4-6,9-17H2/t22-/m1/s1. The van der Waals surface area contributed by atoms with E-state index in [2.05, 4.69) is 4.90 Å². The molecule has 1 aromatic carbocycles. The monoisotopic (exact) mass is 386 g/mol. The largest absolute Gasteiger partial charge is 0.494 e. The molecule has 5 heteroatoms. The summed E-state index contributed by atoms with van der Waals surface area (Å²) in [5, 5.41) is 11.4. The first-order chi connectivity index (χ1) is 13.3. The van der Waals surface area contributed by atoms with Crippen LogP contribution in [-0.4, -0.2) is 41.3 Å². The first-order valence-corrected chi connectivity index (χ1v) is 11.1. The van der Waals surface area contributed by atoms with Crippen LogP contribution in [0.2, 0.25) is 0 Å². The van der Waals surface area contributed by atoms with E-state index in [-0.39, 0.29) is 12.0 Å². The molecule has 0 spiro atoms. The van der Waals surface area contributed by atoms with Crippen LogP contribution in [0, 0.1) is 5.41 Å². The average molecular weight is 387 g/mol. The van der Waals surface area contributed by atoms with E-state index in [0.717, 1.165) is 51.1 Å². The second-order valence-electron chi connectivity index (χ2n) is 8.07. The first-order valence-electron chi connectivity index (χ1n) is 10.2. The van der Waals surface area contributed by atoms with Crippen molar-refractivity contribution in [2.24, 2.45) is 5.41 Å². The minimum atomic E-state index is -0.0517. The van der Waals surface area contributed by atoms with E-state index in [1.54, 1.807) is 0 Å². The summed E-state index contributed by atoms with van der Waals surface area (Å²) in [7, 11) is 0. The SMILES string of the molecule is OC[C@@]1(CCOc2ccccc2)CCCN(Cc2nc3c(s2)CCCC3)C1. The Balaban J connectivity index is 1.34. The molecule has 0 radical (unpaired) electrons. The molecule has 0 bridgehead atoms. The van der Waals surface area contributed by atoms with E-state index < -0.39 is 0 Å². The quantitative estimate of drug-likeness (QED) is 0.779.